The van der Waals surface area contributed by atoms with E-state index >= 15 is 0 Å². The van der Waals surface area contributed by atoms with Crippen molar-refractivity contribution in [3.63, 3.8) is 0 Å². The summed E-state index contributed by atoms with van der Waals surface area (Å²) in [5.41, 5.74) is 0. The number of nitrogens with zero attached hydrogens (tertiary/aromatic N) is 1. The van der Waals surface area contributed by atoms with Gasteiger partial charge in [-0.25, -0.2) is 0 Å². The minimum Gasteiger partial charge on any atom is -0.395 e. The van der Waals surface area contributed by atoms with E-state index in [-0.39, 0.29) is 18.6 Å². The third-order valence-corrected chi connectivity index (χ3v) is 3.29. The van der Waals surface area contributed by atoms with Gasteiger partial charge in [-0.05, 0) is 33.2 Å². The molecule has 19 heavy (non-hydrogen) atoms. The number of aliphatic hydroxyl groups excluding tert-OH is 1. The highest BCUT2D eigenvalue weighted by molar-refractivity contribution is 7.14. The smallest absolute Gasteiger partial charge is 0.261 e. The summed E-state index contributed by atoms with van der Waals surface area (Å²) in [5.74, 6) is 5.71. The van der Waals surface area contributed by atoms with Crippen LogP contribution >= 0.6 is 11.3 Å². The molecule has 104 valence electrons. The standard InChI is InChI=1S/C14H20N2O2S/c1-11(10-16(2)3)15-14(18)13-8-7-12(19-13)6-4-5-9-17/h7-8,11,17H,5,9-10H2,1-3H3,(H,15,18). The van der Waals surface area contributed by atoms with E-state index in [9.17, 15) is 4.79 Å². The van der Waals surface area contributed by atoms with Gasteiger partial charge in [0.15, 0.2) is 0 Å². The molecule has 0 saturated heterocycles. The zero-order valence-corrected chi connectivity index (χ0v) is 12.4. The maximum Gasteiger partial charge on any atom is 0.261 e. The Bertz CT molecular complexity index is 471. The number of hydrogen-bond donors (Lipinski definition) is 2. The zero-order chi connectivity index (χ0) is 14.3. The number of amides is 1. The summed E-state index contributed by atoms with van der Waals surface area (Å²) in [6.45, 7) is 2.85. The van der Waals surface area contributed by atoms with Crippen molar-refractivity contribution in [1.82, 2.24) is 10.2 Å². The summed E-state index contributed by atoms with van der Waals surface area (Å²) in [4.78, 5) is 15.5. The molecule has 2 N–H and O–H groups in total. The first-order valence-electron chi connectivity index (χ1n) is 6.18. The van der Waals surface area contributed by atoms with Crippen LogP contribution in [0.2, 0.25) is 0 Å². The molecular formula is C14H20N2O2S. The molecule has 5 heteroatoms. The average Bonchev–Trinajstić information content (AvgIpc) is 2.77. The normalized spacial score (nSPS) is 11.8. The predicted molar refractivity (Wildman–Crippen MR) is 78.4 cm³/mol. The van der Waals surface area contributed by atoms with E-state index < -0.39 is 0 Å². The Kier molecular flexibility index (Phi) is 6.57. The van der Waals surface area contributed by atoms with Crippen LogP contribution < -0.4 is 5.32 Å². The van der Waals surface area contributed by atoms with E-state index in [1.54, 1.807) is 6.07 Å². The molecule has 4 nitrogen and oxygen atoms in total. The fourth-order valence-corrected chi connectivity index (χ4v) is 2.40. The summed E-state index contributed by atoms with van der Waals surface area (Å²) < 4.78 is 0. The molecule has 0 aliphatic rings. The van der Waals surface area contributed by atoms with Gasteiger partial charge in [-0.1, -0.05) is 11.8 Å². The van der Waals surface area contributed by atoms with Crippen LogP contribution in [-0.4, -0.2) is 49.2 Å². The van der Waals surface area contributed by atoms with Crippen LogP contribution in [0.4, 0.5) is 0 Å². The molecule has 1 atom stereocenters. The van der Waals surface area contributed by atoms with Crippen molar-refractivity contribution in [2.45, 2.75) is 19.4 Å². The summed E-state index contributed by atoms with van der Waals surface area (Å²) in [5, 5.41) is 11.6. The number of aliphatic hydroxyl groups is 1. The van der Waals surface area contributed by atoms with Crippen LogP contribution in [0, 0.1) is 11.8 Å². The first kappa shape index (κ1) is 15.7. The molecule has 1 unspecified atom stereocenters. The van der Waals surface area contributed by atoms with Crippen molar-refractivity contribution in [2.75, 3.05) is 27.2 Å². The van der Waals surface area contributed by atoms with Gasteiger partial charge >= 0.3 is 0 Å². The van der Waals surface area contributed by atoms with Crippen molar-refractivity contribution < 1.29 is 9.90 Å². The Balaban J connectivity index is 2.56. The Hall–Kier alpha value is -1.35. The Labute approximate surface area is 118 Å². The van der Waals surface area contributed by atoms with Crippen LogP contribution in [0.5, 0.6) is 0 Å². The highest BCUT2D eigenvalue weighted by Gasteiger charge is 2.12. The van der Waals surface area contributed by atoms with Gasteiger partial charge in [0, 0.05) is 19.0 Å². The van der Waals surface area contributed by atoms with E-state index in [1.165, 1.54) is 11.3 Å². The van der Waals surface area contributed by atoms with E-state index in [2.05, 4.69) is 17.2 Å². The molecule has 1 rings (SSSR count). The minimum absolute atomic E-state index is 0.0606. The van der Waals surface area contributed by atoms with Crippen LogP contribution in [-0.2, 0) is 0 Å². The lowest BCUT2D eigenvalue weighted by molar-refractivity contribution is 0.0938. The van der Waals surface area contributed by atoms with E-state index in [0.717, 1.165) is 11.4 Å². The SMILES string of the molecule is CC(CN(C)C)NC(=O)c1ccc(C#CCCO)s1. The second-order valence-corrected chi connectivity index (χ2v) is 5.66. The molecule has 1 amide bonds. The van der Waals surface area contributed by atoms with Gasteiger partial charge < -0.3 is 15.3 Å². The molecule has 1 heterocycles. The molecule has 0 aliphatic carbocycles. The van der Waals surface area contributed by atoms with E-state index in [1.807, 2.05) is 32.0 Å². The maximum atomic E-state index is 12.0. The van der Waals surface area contributed by atoms with Crippen LogP contribution in [0.1, 0.15) is 27.9 Å². The number of hydrogen-bond acceptors (Lipinski definition) is 4. The summed E-state index contributed by atoms with van der Waals surface area (Å²) >= 11 is 1.37. The Morgan fingerprint density at radius 3 is 2.89 bits per heavy atom. The average molecular weight is 280 g/mol. The monoisotopic (exact) mass is 280 g/mol. The summed E-state index contributed by atoms with van der Waals surface area (Å²) in [7, 11) is 3.95. The highest BCUT2D eigenvalue weighted by atomic mass is 32.1. The fourth-order valence-electron chi connectivity index (χ4n) is 1.62. The zero-order valence-electron chi connectivity index (χ0n) is 11.6. The first-order chi connectivity index (χ1) is 9.02. The van der Waals surface area contributed by atoms with Crippen LogP contribution in [0.25, 0.3) is 0 Å². The number of carbonyl (C=O) groups excluding carboxylic acids is 1. The van der Waals surface area contributed by atoms with E-state index in [0.29, 0.717) is 11.3 Å². The van der Waals surface area contributed by atoms with Crippen molar-refractivity contribution >= 4 is 17.2 Å². The lowest BCUT2D eigenvalue weighted by Gasteiger charge is -2.17. The molecule has 0 saturated carbocycles. The van der Waals surface area contributed by atoms with E-state index in [4.69, 9.17) is 5.11 Å². The molecule has 0 fully saturated rings. The quantitative estimate of drug-likeness (QED) is 0.796. The van der Waals surface area contributed by atoms with Gasteiger partial charge in [-0.15, -0.1) is 11.3 Å². The molecular weight excluding hydrogens is 260 g/mol. The topological polar surface area (TPSA) is 52.6 Å². The minimum atomic E-state index is -0.0606. The van der Waals surface area contributed by atoms with Gasteiger partial charge in [-0.2, -0.15) is 0 Å². The molecule has 0 spiro atoms. The number of carbonyl (C=O) groups is 1. The van der Waals surface area contributed by atoms with Gasteiger partial charge in [0.25, 0.3) is 5.91 Å². The van der Waals surface area contributed by atoms with Crippen molar-refractivity contribution in [1.29, 1.82) is 0 Å². The van der Waals surface area contributed by atoms with Crippen molar-refractivity contribution in [2.24, 2.45) is 0 Å². The largest absolute Gasteiger partial charge is 0.395 e. The second-order valence-electron chi connectivity index (χ2n) is 4.58. The number of nitrogens with one attached hydrogen (secondary N) is 1. The Morgan fingerprint density at radius 2 is 2.26 bits per heavy atom. The summed E-state index contributed by atoms with van der Waals surface area (Å²) in [6.07, 6.45) is 0.458. The molecule has 0 bridgehead atoms. The third kappa shape index (κ3) is 5.88. The van der Waals surface area contributed by atoms with Crippen LogP contribution in [0.15, 0.2) is 12.1 Å². The van der Waals surface area contributed by atoms with Gasteiger partial charge in [0.2, 0.25) is 0 Å². The maximum absolute atomic E-state index is 12.0. The highest BCUT2D eigenvalue weighted by Crippen LogP contribution is 2.15. The molecule has 1 aromatic heterocycles. The van der Waals surface area contributed by atoms with Crippen LogP contribution in [0.3, 0.4) is 0 Å². The number of thiophene rings is 1. The van der Waals surface area contributed by atoms with Crippen molar-refractivity contribution in [3.8, 4) is 11.8 Å². The lowest BCUT2D eigenvalue weighted by Crippen LogP contribution is -2.39. The molecule has 0 aromatic carbocycles. The molecule has 0 radical (unpaired) electrons. The summed E-state index contributed by atoms with van der Waals surface area (Å²) in [6, 6.07) is 3.72. The molecule has 1 aromatic rings. The lowest BCUT2D eigenvalue weighted by atomic mass is 10.3. The number of rotatable bonds is 5. The van der Waals surface area contributed by atoms with Gasteiger partial charge in [0.1, 0.15) is 0 Å². The first-order valence-corrected chi connectivity index (χ1v) is 6.99. The Morgan fingerprint density at radius 1 is 1.53 bits per heavy atom. The van der Waals surface area contributed by atoms with Gasteiger partial charge in [0.05, 0.1) is 16.4 Å². The third-order valence-electron chi connectivity index (χ3n) is 2.29. The predicted octanol–water partition coefficient (Wildman–Crippen LogP) is 1.16. The van der Waals surface area contributed by atoms with Gasteiger partial charge in [-0.3, -0.25) is 4.79 Å². The second kappa shape index (κ2) is 7.95. The molecule has 0 aliphatic heterocycles. The fraction of sp³-hybridized carbons (Fsp3) is 0.500. The number of likely N-dealkylation sites (N-methyl/N-ethyl adjacent to an activating group) is 1. The van der Waals surface area contributed by atoms with Crippen molar-refractivity contribution in [3.05, 3.63) is 21.9 Å².